The van der Waals surface area contributed by atoms with Gasteiger partial charge >= 0.3 is 0 Å². The Morgan fingerprint density at radius 1 is 1.00 bits per heavy atom. The lowest BCUT2D eigenvalue weighted by molar-refractivity contribution is 0.199. The van der Waals surface area contributed by atoms with E-state index in [1.165, 1.54) is 5.69 Å². The van der Waals surface area contributed by atoms with E-state index in [0.717, 1.165) is 12.1 Å². The summed E-state index contributed by atoms with van der Waals surface area (Å²) >= 11 is 0. The normalized spacial score (nSPS) is 13.2. The van der Waals surface area contributed by atoms with Crippen LogP contribution in [0.25, 0.3) is 0 Å². The zero-order valence-electron chi connectivity index (χ0n) is 11.6. The van der Waals surface area contributed by atoms with Gasteiger partial charge in [0.15, 0.2) is 0 Å². The third-order valence-electron chi connectivity index (χ3n) is 2.89. The highest BCUT2D eigenvalue weighted by molar-refractivity contribution is 5.48. The molecule has 0 bridgehead atoms. The third-order valence-corrected chi connectivity index (χ3v) is 2.89. The summed E-state index contributed by atoms with van der Waals surface area (Å²) in [6.45, 7) is 11.8. The highest BCUT2D eigenvalue weighted by Gasteiger charge is 2.12. The fraction of sp³-hybridized carbons (Fsp3) is 0.600. The Morgan fingerprint density at radius 3 is 1.88 bits per heavy atom. The summed E-state index contributed by atoms with van der Waals surface area (Å²) in [5.74, 6) is 0.647. The van der Waals surface area contributed by atoms with E-state index >= 15 is 0 Å². The molecule has 0 aliphatic carbocycles. The van der Waals surface area contributed by atoms with E-state index in [0.29, 0.717) is 12.0 Å². The van der Waals surface area contributed by atoms with Crippen LogP contribution in [0.2, 0.25) is 0 Å². The topological polar surface area (TPSA) is 23.5 Å². The molecule has 2 nitrogen and oxygen atoms in total. The van der Waals surface area contributed by atoms with Gasteiger partial charge in [-0.3, -0.25) is 0 Å². The highest BCUT2D eigenvalue weighted by atomic mass is 16.3. The van der Waals surface area contributed by atoms with Crippen molar-refractivity contribution in [1.29, 1.82) is 0 Å². The molecule has 0 aliphatic rings. The molecule has 0 saturated heterocycles. The van der Waals surface area contributed by atoms with Crippen LogP contribution in [0.5, 0.6) is 0 Å². The van der Waals surface area contributed by atoms with Crippen molar-refractivity contribution in [2.24, 2.45) is 5.92 Å². The SMILES string of the molecule is CC(C)CN(c1ccc([C@H](C)O)cc1)C(C)C. The van der Waals surface area contributed by atoms with Crippen LogP contribution in [-0.2, 0) is 0 Å². The molecule has 0 saturated carbocycles. The van der Waals surface area contributed by atoms with Gasteiger partial charge in [0.25, 0.3) is 0 Å². The van der Waals surface area contributed by atoms with E-state index < -0.39 is 0 Å². The maximum absolute atomic E-state index is 9.49. The van der Waals surface area contributed by atoms with Crippen molar-refractivity contribution in [3.8, 4) is 0 Å². The number of rotatable bonds is 5. The molecule has 1 atom stereocenters. The summed E-state index contributed by atoms with van der Waals surface area (Å²) < 4.78 is 0. The zero-order valence-corrected chi connectivity index (χ0v) is 11.6. The van der Waals surface area contributed by atoms with Crippen LogP contribution in [0.3, 0.4) is 0 Å². The van der Waals surface area contributed by atoms with E-state index in [1.54, 1.807) is 6.92 Å². The van der Waals surface area contributed by atoms with Crippen LogP contribution in [0.4, 0.5) is 5.69 Å². The molecular weight excluding hydrogens is 210 g/mol. The van der Waals surface area contributed by atoms with Crippen LogP contribution in [0.15, 0.2) is 24.3 Å². The Morgan fingerprint density at radius 2 is 1.53 bits per heavy atom. The second-order valence-electron chi connectivity index (χ2n) is 5.41. The van der Waals surface area contributed by atoms with Crippen molar-refractivity contribution in [3.05, 3.63) is 29.8 Å². The summed E-state index contributed by atoms with van der Waals surface area (Å²) in [4.78, 5) is 2.40. The van der Waals surface area contributed by atoms with Crippen LogP contribution >= 0.6 is 0 Å². The maximum Gasteiger partial charge on any atom is 0.0761 e. The van der Waals surface area contributed by atoms with Crippen molar-refractivity contribution < 1.29 is 5.11 Å². The first-order valence-electron chi connectivity index (χ1n) is 6.46. The minimum Gasteiger partial charge on any atom is -0.389 e. The fourth-order valence-corrected chi connectivity index (χ4v) is 1.95. The molecule has 17 heavy (non-hydrogen) atoms. The van der Waals surface area contributed by atoms with Crippen LogP contribution in [0.1, 0.15) is 46.3 Å². The van der Waals surface area contributed by atoms with Gasteiger partial charge in [0, 0.05) is 18.3 Å². The van der Waals surface area contributed by atoms with Gasteiger partial charge in [0.2, 0.25) is 0 Å². The molecule has 0 spiro atoms. The lowest BCUT2D eigenvalue weighted by Crippen LogP contribution is -2.34. The first-order valence-corrected chi connectivity index (χ1v) is 6.46. The Labute approximate surface area is 105 Å². The van der Waals surface area contributed by atoms with Gasteiger partial charge in [0.1, 0.15) is 0 Å². The predicted molar refractivity (Wildman–Crippen MR) is 74.4 cm³/mol. The number of aliphatic hydroxyl groups is 1. The average molecular weight is 235 g/mol. The summed E-state index contributed by atoms with van der Waals surface area (Å²) in [6.07, 6.45) is -0.387. The van der Waals surface area contributed by atoms with Gasteiger partial charge in [-0.2, -0.15) is 0 Å². The maximum atomic E-state index is 9.49. The number of hydrogen-bond donors (Lipinski definition) is 1. The molecule has 0 heterocycles. The molecular formula is C15H25NO. The first-order chi connectivity index (χ1) is 7.91. The summed E-state index contributed by atoms with van der Waals surface area (Å²) in [6, 6.07) is 8.72. The minimum atomic E-state index is -0.387. The van der Waals surface area contributed by atoms with E-state index in [9.17, 15) is 5.11 Å². The number of nitrogens with zero attached hydrogens (tertiary/aromatic N) is 1. The number of hydrogen-bond acceptors (Lipinski definition) is 2. The van der Waals surface area contributed by atoms with Gasteiger partial charge in [0.05, 0.1) is 6.10 Å². The molecule has 0 radical (unpaired) electrons. The van der Waals surface area contributed by atoms with Gasteiger partial charge in [-0.15, -0.1) is 0 Å². The van der Waals surface area contributed by atoms with Crippen molar-refractivity contribution >= 4 is 5.69 Å². The van der Waals surface area contributed by atoms with Crippen molar-refractivity contribution in [3.63, 3.8) is 0 Å². The summed E-state index contributed by atoms with van der Waals surface area (Å²) in [5.41, 5.74) is 2.21. The summed E-state index contributed by atoms with van der Waals surface area (Å²) in [5, 5.41) is 9.49. The van der Waals surface area contributed by atoms with Crippen molar-refractivity contribution in [2.45, 2.75) is 46.8 Å². The first kappa shape index (κ1) is 14.0. The molecule has 1 aromatic rings. The molecule has 1 rings (SSSR count). The van der Waals surface area contributed by atoms with Gasteiger partial charge in [-0.25, -0.2) is 0 Å². The van der Waals surface area contributed by atoms with Crippen LogP contribution in [-0.4, -0.2) is 17.7 Å². The van der Waals surface area contributed by atoms with E-state index in [1.807, 2.05) is 12.1 Å². The lowest BCUT2D eigenvalue weighted by atomic mass is 10.1. The second kappa shape index (κ2) is 6.06. The molecule has 96 valence electrons. The van der Waals surface area contributed by atoms with E-state index in [4.69, 9.17) is 0 Å². The Bertz CT molecular complexity index is 327. The molecule has 0 aromatic heterocycles. The Hall–Kier alpha value is -1.02. The molecule has 1 aromatic carbocycles. The molecule has 2 heteroatoms. The van der Waals surface area contributed by atoms with E-state index in [-0.39, 0.29) is 6.10 Å². The van der Waals surface area contributed by atoms with Crippen LogP contribution < -0.4 is 4.90 Å². The molecule has 0 aliphatic heterocycles. The standard InChI is InChI=1S/C15H25NO/c1-11(2)10-16(12(3)4)15-8-6-14(7-9-15)13(5)17/h6-9,11-13,17H,10H2,1-5H3/t13-/m0/s1. The van der Waals surface area contributed by atoms with Crippen molar-refractivity contribution in [2.75, 3.05) is 11.4 Å². The predicted octanol–water partition coefficient (Wildman–Crippen LogP) is 3.61. The van der Waals surface area contributed by atoms with Gasteiger partial charge in [-0.1, -0.05) is 26.0 Å². The van der Waals surface area contributed by atoms with Gasteiger partial charge < -0.3 is 10.0 Å². The molecule has 0 amide bonds. The van der Waals surface area contributed by atoms with Crippen LogP contribution in [0, 0.1) is 5.92 Å². The quantitative estimate of drug-likeness (QED) is 0.842. The fourth-order valence-electron chi connectivity index (χ4n) is 1.95. The van der Waals surface area contributed by atoms with Crippen molar-refractivity contribution in [1.82, 2.24) is 0 Å². The lowest BCUT2D eigenvalue weighted by Gasteiger charge is -2.31. The number of benzene rings is 1. The molecule has 0 fully saturated rings. The smallest absolute Gasteiger partial charge is 0.0761 e. The highest BCUT2D eigenvalue weighted by Crippen LogP contribution is 2.21. The van der Waals surface area contributed by atoms with Gasteiger partial charge in [-0.05, 0) is 44.4 Å². The monoisotopic (exact) mass is 235 g/mol. The average Bonchev–Trinajstić information content (AvgIpc) is 2.25. The molecule has 0 unspecified atom stereocenters. The summed E-state index contributed by atoms with van der Waals surface area (Å²) in [7, 11) is 0. The largest absolute Gasteiger partial charge is 0.389 e. The Balaban J connectivity index is 2.87. The number of aliphatic hydroxyl groups excluding tert-OH is 1. The number of anilines is 1. The third kappa shape index (κ3) is 4.04. The minimum absolute atomic E-state index is 0.387. The second-order valence-corrected chi connectivity index (χ2v) is 5.41. The zero-order chi connectivity index (χ0) is 13.0. The van der Waals surface area contributed by atoms with E-state index in [2.05, 4.69) is 44.7 Å². The Kier molecular flexibility index (Phi) is 5.01. The molecule has 1 N–H and O–H groups in total.